The van der Waals surface area contributed by atoms with Crippen molar-refractivity contribution in [2.75, 3.05) is 7.11 Å². The number of halogens is 1. The second kappa shape index (κ2) is 8.57. The van der Waals surface area contributed by atoms with Gasteiger partial charge in [-0.1, -0.05) is 0 Å². The molecule has 0 atom stereocenters. The van der Waals surface area contributed by atoms with E-state index in [0.717, 1.165) is 34.1 Å². The van der Waals surface area contributed by atoms with E-state index in [4.69, 9.17) is 5.58 Å². The van der Waals surface area contributed by atoms with E-state index < -0.39 is 29.4 Å². The average Bonchev–Trinajstić information content (AvgIpc) is 2.91. The molecule has 0 fully saturated rings. The Balaban J connectivity index is 1.59. The number of hydrogen-bond donors (Lipinski definition) is 0. The van der Waals surface area contributed by atoms with E-state index in [-0.39, 0.29) is 4.90 Å². The molecule has 6 heteroatoms. The van der Waals surface area contributed by atoms with Crippen LogP contribution in [0, 0.1) is 7.14 Å². The first-order valence-corrected chi connectivity index (χ1v) is 16.4. The van der Waals surface area contributed by atoms with Crippen LogP contribution in [0.3, 0.4) is 0 Å². The molecule has 0 aliphatic carbocycles. The Bertz CT molecular complexity index is 1710. The summed E-state index contributed by atoms with van der Waals surface area (Å²) in [6.45, 7) is 0. The first kappa shape index (κ1) is 22.4. The van der Waals surface area contributed by atoms with Crippen molar-refractivity contribution < 1.29 is 33.3 Å². The summed E-state index contributed by atoms with van der Waals surface area (Å²) < 4.78 is 41.9. The van der Waals surface area contributed by atoms with Gasteiger partial charge in [0.2, 0.25) is 0 Å². The van der Waals surface area contributed by atoms with Gasteiger partial charge in [0.25, 0.3) is 0 Å². The zero-order valence-electron chi connectivity index (χ0n) is 18.9. The fourth-order valence-corrected chi connectivity index (χ4v) is 14.5. The number of benzene rings is 6. The van der Waals surface area contributed by atoms with E-state index in [1.54, 1.807) is 6.07 Å². The van der Waals surface area contributed by atoms with Gasteiger partial charge in [-0.2, -0.15) is 0 Å². The summed E-state index contributed by atoms with van der Waals surface area (Å²) in [5.74, 6) is 0. The van der Waals surface area contributed by atoms with Crippen LogP contribution in [0.5, 0.6) is 0 Å². The van der Waals surface area contributed by atoms with Crippen LogP contribution in [0.4, 0.5) is 0 Å². The predicted molar refractivity (Wildman–Crippen MR) is 136 cm³/mol. The van der Waals surface area contributed by atoms with Crippen LogP contribution in [0.15, 0.2) is 120 Å². The average molecular weight is 593 g/mol. The van der Waals surface area contributed by atoms with Gasteiger partial charge in [-0.3, -0.25) is 0 Å². The van der Waals surface area contributed by atoms with Gasteiger partial charge in [-0.25, -0.2) is 0 Å². The summed E-state index contributed by atoms with van der Waals surface area (Å²) in [7, 11) is -2.66. The molecule has 0 amide bonds. The van der Waals surface area contributed by atoms with Crippen LogP contribution < -0.4 is 19.3 Å². The summed E-state index contributed by atoms with van der Waals surface area (Å²) in [6, 6.07) is 36.4. The zero-order chi connectivity index (χ0) is 24.0. The first-order valence-electron chi connectivity index (χ1n) is 11.1. The summed E-state index contributed by atoms with van der Waals surface area (Å²) >= 11 is -4.17. The SMILES string of the molecule is CO[I+](OS(=O)(=O)c1ccc2ccc3cccc4ccc1c2c34)(c1ccccc1)c1ccccc1. The van der Waals surface area contributed by atoms with Crippen molar-refractivity contribution in [1.82, 2.24) is 0 Å². The maximum absolute atomic E-state index is 14.0. The maximum atomic E-state index is 14.0. The third-order valence-electron chi connectivity index (χ3n) is 6.19. The second-order valence-electron chi connectivity index (χ2n) is 8.15. The Labute approximate surface area is 209 Å². The number of rotatable bonds is 6. The molecule has 0 aliphatic heterocycles. The minimum atomic E-state index is -4.20. The molecule has 174 valence electrons. The van der Waals surface area contributed by atoms with Gasteiger partial charge in [0.1, 0.15) is 0 Å². The topological polar surface area (TPSA) is 52.6 Å². The van der Waals surface area contributed by atoms with Crippen molar-refractivity contribution in [2.45, 2.75) is 4.90 Å². The van der Waals surface area contributed by atoms with E-state index in [9.17, 15) is 8.42 Å². The Morgan fingerprint density at radius 3 is 1.66 bits per heavy atom. The molecular formula is C29H22IO4S+. The Kier molecular flexibility index (Phi) is 5.49. The van der Waals surface area contributed by atoms with Crippen LogP contribution in [-0.2, 0) is 15.7 Å². The summed E-state index contributed by atoms with van der Waals surface area (Å²) in [5, 5.41) is 5.79. The van der Waals surface area contributed by atoms with Crippen molar-refractivity contribution >= 4 is 42.4 Å². The minimum absolute atomic E-state index is 0.153. The molecule has 6 rings (SSSR count). The summed E-state index contributed by atoms with van der Waals surface area (Å²) in [4.78, 5) is 0.153. The van der Waals surface area contributed by atoms with Gasteiger partial charge < -0.3 is 0 Å². The van der Waals surface area contributed by atoms with Crippen LogP contribution in [0.2, 0.25) is 0 Å². The molecule has 0 saturated carbocycles. The van der Waals surface area contributed by atoms with Crippen molar-refractivity contribution in [1.29, 1.82) is 0 Å². The van der Waals surface area contributed by atoms with Crippen molar-refractivity contribution in [3.8, 4) is 0 Å². The molecule has 4 nitrogen and oxygen atoms in total. The molecule has 0 saturated heterocycles. The van der Waals surface area contributed by atoms with Gasteiger partial charge in [0.15, 0.2) is 0 Å². The molecule has 6 aromatic carbocycles. The monoisotopic (exact) mass is 593 g/mol. The standard InChI is InChI=1S/C29H22IO4S/c1-33-30(24-11-4-2-5-12-24,25-13-6-3-7-14-25)34-35(31,32)27-20-18-23-16-15-21-9-8-10-22-17-19-26(27)29(23)28(21)22/h2-20H,1H3/q+1. The van der Waals surface area contributed by atoms with Crippen LogP contribution in [0.1, 0.15) is 0 Å². The molecule has 0 aliphatic rings. The van der Waals surface area contributed by atoms with Crippen molar-refractivity contribution in [2.24, 2.45) is 0 Å². The normalized spacial score (nSPS) is 13.1. The molecular weight excluding hydrogens is 571 g/mol. The molecule has 6 aromatic rings. The van der Waals surface area contributed by atoms with Gasteiger partial charge >= 0.3 is 210 Å². The molecule has 0 spiro atoms. The van der Waals surface area contributed by atoms with Crippen molar-refractivity contribution in [3.05, 3.63) is 122 Å². The zero-order valence-corrected chi connectivity index (χ0v) is 21.9. The molecule has 35 heavy (non-hydrogen) atoms. The molecule has 0 aromatic heterocycles. The fraction of sp³-hybridized carbons (Fsp3) is 0.0345. The van der Waals surface area contributed by atoms with E-state index in [1.165, 1.54) is 7.11 Å². The van der Waals surface area contributed by atoms with E-state index >= 15 is 0 Å². The molecule has 0 N–H and O–H groups in total. The first-order chi connectivity index (χ1) is 17.0. The van der Waals surface area contributed by atoms with Crippen LogP contribution in [-0.4, -0.2) is 15.5 Å². The van der Waals surface area contributed by atoms with Gasteiger partial charge in [0, 0.05) is 0 Å². The predicted octanol–water partition coefficient (Wildman–Crippen LogP) is 3.67. The van der Waals surface area contributed by atoms with E-state index in [0.29, 0.717) is 5.39 Å². The second-order valence-corrected chi connectivity index (χ2v) is 16.7. The van der Waals surface area contributed by atoms with Gasteiger partial charge in [0.05, 0.1) is 0 Å². The third-order valence-corrected chi connectivity index (χ3v) is 16.3. The Morgan fingerprint density at radius 1 is 0.571 bits per heavy atom. The molecule has 0 heterocycles. The van der Waals surface area contributed by atoms with Crippen LogP contribution in [0.25, 0.3) is 32.3 Å². The molecule has 0 radical (unpaired) electrons. The van der Waals surface area contributed by atoms with Gasteiger partial charge in [-0.15, -0.1) is 0 Å². The summed E-state index contributed by atoms with van der Waals surface area (Å²) in [6.07, 6.45) is 0. The Morgan fingerprint density at radius 2 is 1.09 bits per heavy atom. The van der Waals surface area contributed by atoms with E-state index in [1.807, 2.05) is 91.0 Å². The molecule has 0 bridgehead atoms. The van der Waals surface area contributed by atoms with Crippen molar-refractivity contribution in [3.63, 3.8) is 0 Å². The van der Waals surface area contributed by atoms with Gasteiger partial charge in [-0.05, 0) is 0 Å². The third kappa shape index (κ3) is 3.60. The summed E-state index contributed by atoms with van der Waals surface area (Å²) in [5.41, 5.74) is 0. The quantitative estimate of drug-likeness (QED) is 0.219. The fourth-order valence-electron chi connectivity index (χ4n) is 4.64. The molecule has 0 unspecified atom stereocenters. The van der Waals surface area contributed by atoms with E-state index in [2.05, 4.69) is 18.2 Å². The van der Waals surface area contributed by atoms with Crippen LogP contribution >= 0.6 is 0 Å². The number of hydrogen-bond acceptors (Lipinski definition) is 4. The Hall–Kier alpha value is -3.04.